The summed E-state index contributed by atoms with van der Waals surface area (Å²) in [6.45, 7) is 1.99. The monoisotopic (exact) mass is 601 g/mol. The first-order valence-corrected chi connectivity index (χ1v) is 16.3. The van der Waals surface area contributed by atoms with Gasteiger partial charge in [-0.3, -0.25) is 19.2 Å². The van der Waals surface area contributed by atoms with Crippen LogP contribution in [0.1, 0.15) is 81.0 Å². The van der Waals surface area contributed by atoms with E-state index in [4.69, 9.17) is 0 Å². The molecule has 3 aliphatic rings. The van der Waals surface area contributed by atoms with Gasteiger partial charge >= 0.3 is 0 Å². The number of rotatable bonds is 10. The largest absolute Gasteiger partial charge is 0.351 e. The fraction of sp³-hybridized carbons (Fsp3) is 0.543. The predicted molar refractivity (Wildman–Crippen MR) is 169 cm³/mol. The van der Waals surface area contributed by atoms with E-state index in [2.05, 4.69) is 33.4 Å². The Balaban J connectivity index is 1.37. The van der Waals surface area contributed by atoms with Gasteiger partial charge in [0.2, 0.25) is 23.6 Å². The van der Waals surface area contributed by atoms with E-state index >= 15 is 0 Å². The van der Waals surface area contributed by atoms with Crippen LogP contribution in [0.4, 0.5) is 0 Å². The Kier molecular flexibility index (Phi) is 10.7. The molecule has 236 valence electrons. The molecule has 9 nitrogen and oxygen atoms in total. The summed E-state index contributed by atoms with van der Waals surface area (Å²) in [5, 5.41) is 12.4. The van der Waals surface area contributed by atoms with Gasteiger partial charge in [-0.15, -0.1) is 0 Å². The molecule has 44 heavy (non-hydrogen) atoms. The molecule has 1 saturated heterocycles. The van der Waals surface area contributed by atoms with Crippen molar-refractivity contribution in [1.29, 1.82) is 0 Å². The highest BCUT2D eigenvalue weighted by atomic mass is 16.2. The molecule has 4 amide bonds. The van der Waals surface area contributed by atoms with Gasteiger partial charge in [0.1, 0.15) is 12.1 Å². The SMILES string of the molecule is CN[C@@H](C)C(=O)N[C@H](C(=O)N1C[C@@H](NC(=O)Cc2ccccc2)C[C@H]1C(=O)N[C@@H]1CCCc2ccccc21)C1CCCCC1. The third-order valence-corrected chi connectivity index (χ3v) is 9.66. The molecule has 0 spiro atoms. The lowest BCUT2D eigenvalue weighted by atomic mass is 9.83. The molecule has 1 heterocycles. The highest BCUT2D eigenvalue weighted by molar-refractivity contribution is 5.94. The van der Waals surface area contributed by atoms with Crippen LogP contribution >= 0.6 is 0 Å². The number of nitrogens with one attached hydrogen (secondary N) is 4. The average molecular weight is 602 g/mol. The van der Waals surface area contributed by atoms with E-state index in [1.54, 1.807) is 18.9 Å². The number of carbonyl (C=O) groups is 4. The smallest absolute Gasteiger partial charge is 0.246 e. The number of benzene rings is 2. The van der Waals surface area contributed by atoms with E-state index in [1.165, 1.54) is 5.56 Å². The number of hydrogen-bond donors (Lipinski definition) is 4. The van der Waals surface area contributed by atoms with Gasteiger partial charge in [0.25, 0.3) is 0 Å². The maximum Gasteiger partial charge on any atom is 0.246 e. The first kappa shape index (κ1) is 31.7. The van der Waals surface area contributed by atoms with Crippen LogP contribution in [0, 0.1) is 5.92 Å². The highest BCUT2D eigenvalue weighted by Crippen LogP contribution is 2.32. The molecule has 2 fully saturated rings. The molecule has 0 aromatic heterocycles. The molecule has 2 aromatic rings. The topological polar surface area (TPSA) is 120 Å². The lowest BCUT2D eigenvalue weighted by molar-refractivity contribution is -0.143. The molecule has 2 aliphatic carbocycles. The van der Waals surface area contributed by atoms with Crippen molar-refractivity contribution in [3.05, 3.63) is 71.3 Å². The second-order valence-corrected chi connectivity index (χ2v) is 12.7. The number of carbonyl (C=O) groups excluding carboxylic acids is 4. The molecule has 1 saturated carbocycles. The summed E-state index contributed by atoms with van der Waals surface area (Å²) in [7, 11) is 1.72. The Morgan fingerprint density at radius 3 is 2.36 bits per heavy atom. The van der Waals surface area contributed by atoms with Gasteiger partial charge < -0.3 is 26.2 Å². The summed E-state index contributed by atoms with van der Waals surface area (Å²) < 4.78 is 0. The zero-order valence-corrected chi connectivity index (χ0v) is 26.0. The standard InChI is InChI=1S/C35H47N5O4/c1-23(36-2)33(42)39-32(26-15-7-4-8-16-26)35(44)40-22-27(37-31(41)20-24-12-5-3-6-13-24)21-30(40)34(43)38-29-19-11-17-25-14-9-10-18-28(25)29/h3,5-6,9-10,12-14,18,23,26-27,29-30,32,36H,4,7-8,11,15-17,19-22H2,1-2H3,(H,37,41)(H,38,43)(H,39,42)/t23-,27-,29+,30-,32-/m0/s1. The van der Waals surface area contributed by atoms with Gasteiger partial charge in [-0.05, 0) is 75.1 Å². The third kappa shape index (κ3) is 7.67. The predicted octanol–water partition coefficient (Wildman–Crippen LogP) is 3.18. The third-order valence-electron chi connectivity index (χ3n) is 9.66. The minimum Gasteiger partial charge on any atom is -0.351 e. The Bertz CT molecular complexity index is 1310. The number of likely N-dealkylation sites (N-methyl/N-ethyl adjacent to an activating group) is 1. The van der Waals surface area contributed by atoms with Crippen molar-refractivity contribution < 1.29 is 19.2 Å². The van der Waals surface area contributed by atoms with Gasteiger partial charge in [0.05, 0.1) is 18.5 Å². The van der Waals surface area contributed by atoms with Crippen molar-refractivity contribution in [2.75, 3.05) is 13.6 Å². The van der Waals surface area contributed by atoms with Gasteiger partial charge in [-0.1, -0.05) is 73.9 Å². The van der Waals surface area contributed by atoms with Gasteiger partial charge in [0, 0.05) is 12.6 Å². The van der Waals surface area contributed by atoms with E-state index in [0.29, 0.717) is 6.42 Å². The van der Waals surface area contributed by atoms with Crippen molar-refractivity contribution >= 4 is 23.6 Å². The molecule has 2 aromatic carbocycles. The summed E-state index contributed by atoms with van der Waals surface area (Å²) in [4.78, 5) is 56.1. The number of aryl methyl sites for hydroxylation is 1. The fourth-order valence-electron chi connectivity index (χ4n) is 7.10. The zero-order chi connectivity index (χ0) is 31.1. The second kappa shape index (κ2) is 14.8. The first-order chi connectivity index (χ1) is 21.3. The molecule has 0 radical (unpaired) electrons. The van der Waals surface area contributed by atoms with Crippen LogP contribution in [0.15, 0.2) is 54.6 Å². The molecular weight excluding hydrogens is 554 g/mol. The summed E-state index contributed by atoms with van der Waals surface area (Å²) in [5.41, 5.74) is 3.28. The summed E-state index contributed by atoms with van der Waals surface area (Å²) in [6.07, 6.45) is 8.19. The summed E-state index contributed by atoms with van der Waals surface area (Å²) in [5.74, 6) is -0.821. The van der Waals surface area contributed by atoms with E-state index in [-0.39, 0.29) is 54.6 Å². The molecule has 4 N–H and O–H groups in total. The molecule has 9 heteroatoms. The van der Waals surface area contributed by atoms with Crippen molar-refractivity contribution in [2.45, 2.75) is 101 Å². The average Bonchev–Trinajstić information content (AvgIpc) is 3.47. The Morgan fingerprint density at radius 1 is 0.886 bits per heavy atom. The minimum absolute atomic E-state index is 0.00455. The normalized spacial score (nSPS) is 23.2. The summed E-state index contributed by atoms with van der Waals surface area (Å²) in [6, 6.07) is 15.3. The van der Waals surface area contributed by atoms with Crippen LogP contribution in [0.2, 0.25) is 0 Å². The number of amides is 4. The highest BCUT2D eigenvalue weighted by Gasteiger charge is 2.45. The van der Waals surface area contributed by atoms with E-state index in [9.17, 15) is 19.2 Å². The Labute approximate surface area is 260 Å². The van der Waals surface area contributed by atoms with Crippen molar-refractivity contribution in [3.8, 4) is 0 Å². The molecule has 0 unspecified atom stereocenters. The van der Waals surface area contributed by atoms with Crippen molar-refractivity contribution in [3.63, 3.8) is 0 Å². The molecule has 5 rings (SSSR count). The van der Waals surface area contributed by atoms with Crippen molar-refractivity contribution in [1.82, 2.24) is 26.2 Å². The van der Waals surface area contributed by atoms with Crippen LogP contribution in [0.5, 0.6) is 0 Å². The lowest BCUT2D eigenvalue weighted by Crippen LogP contribution is -2.58. The quantitative estimate of drug-likeness (QED) is 0.334. The maximum atomic E-state index is 14.4. The van der Waals surface area contributed by atoms with Gasteiger partial charge in [-0.2, -0.15) is 0 Å². The maximum absolute atomic E-state index is 14.4. The van der Waals surface area contributed by atoms with Crippen LogP contribution in [0.25, 0.3) is 0 Å². The minimum atomic E-state index is -0.747. The first-order valence-electron chi connectivity index (χ1n) is 16.3. The van der Waals surface area contributed by atoms with Crippen LogP contribution < -0.4 is 21.3 Å². The number of nitrogens with zero attached hydrogens (tertiary/aromatic N) is 1. The number of likely N-dealkylation sites (tertiary alicyclic amines) is 1. The second-order valence-electron chi connectivity index (χ2n) is 12.7. The molecule has 1 aliphatic heterocycles. The van der Waals surface area contributed by atoms with E-state index < -0.39 is 18.1 Å². The van der Waals surface area contributed by atoms with Crippen LogP contribution in [-0.4, -0.2) is 66.3 Å². The van der Waals surface area contributed by atoms with Crippen LogP contribution in [0.3, 0.4) is 0 Å². The molecular formula is C35H47N5O4. The lowest BCUT2D eigenvalue weighted by Gasteiger charge is -2.35. The number of fused-ring (bicyclic) bond motifs is 1. The van der Waals surface area contributed by atoms with E-state index in [0.717, 1.165) is 62.5 Å². The van der Waals surface area contributed by atoms with Gasteiger partial charge in [-0.25, -0.2) is 0 Å². The molecule has 0 bridgehead atoms. The fourth-order valence-corrected chi connectivity index (χ4v) is 7.10. The van der Waals surface area contributed by atoms with Crippen molar-refractivity contribution in [2.24, 2.45) is 5.92 Å². The number of hydrogen-bond acceptors (Lipinski definition) is 5. The Hall–Kier alpha value is -3.72. The van der Waals surface area contributed by atoms with Gasteiger partial charge in [0.15, 0.2) is 0 Å². The summed E-state index contributed by atoms with van der Waals surface area (Å²) >= 11 is 0. The Morgan fingerprint density at radius 2 is 1.61 bits per heavy atom. The zero-order valence-electron chi connectivity index (χ0n) is 26.0. The molecule has 5 atom stereocenters. The van der Waals surface area contributed by atoms with Crippen LogP contribution in [-0.2, 0) is 32.0 Å². The van der Waals surface area contributed by atoms with E-state index in [1.807, 2.05) is 42.5 Å².